The second kappa shape index (κ2) is 3.32. The maximum absolute atomic E-state index is 10.7. The Morgan fingerprint density at radius 1 is 1.82 bits per heavy atom. The molecule has 1 saturated heterocycles. The number of piperidine rings is 1. The Morgan fingerprint density at radius 3 is 3.09 bits per heavy atom. The molecule has 11 heavy (non-hydrogen) atoms. The third-order valence-electron chi connectivity index (χ3n) is 1.35. The van der Waals surface area contributed by atoms with Crippen molar-refractivity contribution in [1.82, 2.24) is 5.01 Å². The maximum atomic E-state index is 10.7. The van der Waals surface area contributed by atoms with Crippen LogP contribution in [0.1, 0.15) is 18.3 Å². The standard InChI is InChI=1S/C6H10N2O3/c9-6(10)5-2-1-3-8(4-5)7-11/h5H,1-4H2,(H,9,10)/i3D2,4D2. The molecule has 62 valence electrons. The van der Waals surface area contributed by atoms with Gasteiger partial charge in [0, 0.05) is 6.50 Å². The van der Waals surface area contributed by atoms with Gasteiger partial charge in [0.05, 0.1) is 23.2 Å². The molecule has 5 nitrogen and oxygen atoms in total. The Labute approximate surface area is 69.6 Å². The molecule has 1 unspecified atom stereocenters. The van der Waals surface area contributed by atoms with Gasteiger partial charge in [0.2, 0.25) is 0 Å². The van der Waals surface area contributed by atoms with Crippen LogP contribution in [0.3, 0.4) is 0 Å². The molecule has 0 bridgehead atoms. The Kier molecular flexibility index (Phi) is 1.22. The summed E-state index contributed by atoms with van der Waals surface area (Å²) < 4.78 is 29.5. The van der Waals surface area contributed by atoms with Gasteiger partial charge in [0.25, 0.3) is 0 Å². The van der Waals surface area contributed by atoms with Gasteiger partial charge in [-0.2, -0.15) is 0 Å². The third kappa shape index (κ3) is 1.89. The zero-order valence-corrected chi connectivity index (χ0v) is 5.65. The van der Waals surface area contributed by atoms with E-state index in [-0.39, 0.29) is 17.9 Å². The van der Waals surface area contributed by atoms with Crippen LogP contribution < -0.4 is 0 Å². The lowest BCUT2D eigenvalue weighted by Gasteiger charge is -2.25. The number of nitroso groups, excluding NO2 is 1. The summed E-state index contributed by atoms with van der Waals surface area (Å²) in [6.45, 7) is -4.84. The largest absolute Gasteiger partial charge is 0.481 e. The van der Waals surface area contributed by atoms with E-state index in [1.54, 1.807) is 0 Å². The summed E-state index contributed by atoms with van der Waals surface area (Å²) >= 11 is 0. The molecule has 1 heterocycles. The van der Waals surface area contributed by atoms with E-state index in [0.717, 1.165) is 0 Å². The SMILES string of the molecule is [2H]C1([2H])CCC(C(=O)O)C([2H])([2H])N1N=O. The normalized spacial score (nSPS) is 39.3. The molecule has 1 rings (SSSR count). The number of nitrogens with zero attached hydrogens (tertiary/aromatic N) is 2. The number of carboxylic acid groups (broad SMARTS) is 1. The highest BCUT2D eigenvalue weighted by molar-refractivity contribution is 5.70. The van der Waals surface area contributed by atoms with Crippen molar-refractivity contribution in [3.8, 4) is 0 Å². The molecule has 0 spiro atoms. The number of hydrogen-bond acceptors (Lipinski definition) is 3. The van der Waals surface area contributed by atoms with Gasteiger partial charge in [-0.3, -0.25) is 9.80 Å². The molecule has 5 heteroatoms. The molecule has 0 radical (unpaired) electrons. The average Bonchev–Trinajstić information content (AvgIpc) is 2.00. The summed E-state index contributed by atoms with van der Waals surface area (Å²) in [7, 11) is 0. The molecule has 0 saturated carbocycles. The van der Waals surface area contributed by atoms with E-state index in [1.807, 2.05) is 0 Å². The van der Waals surface area contributed by atoms with Crippen molar-refractivity contribution in [1.29, 1.82) is 0 Å². The average molecular weight is 162 g/mol. The van der Waals surface area contributed by atoms with Crippen molar-refractivity contribution in [2.24, 2.45) is 11.2 Å². The fraction of sp³-hybridized carbons (Fsp3) is 0.833. The summed E-state index contributed by atoms with van der Waals surface area (Å²) in [5.74, 6) is -2.84. The van der Waals surface area contributed by atoms with E-state index in [9.17, 15) is 9.70 Å². The predicted molar refractivity (Wildman–Crippen MR) is 37.7 cm³/mol. The molecule has 0 aliphatic carbocycles. The molecule has 1 aliphatic heterocycles. The van der Waals surface area contributed by atoms with Gasteiger partial charge in [-0.15, -0.1) is 4.91 Å². The van der Waals surface area contributed by atoms with E-state index in [4.69, 9.17) is 10.6 Å². The van der Waals surface area contributed by atoms with E-state index < -0.39 is 24.9 Å². The summed E-state index contributed by atoms with van der Waals surface area (Å²) in [5.41, 5.74) is 0. The summed E-state index contributed by atoms with van der Waals surface area (Å²) in [6.07, 6.45) is -0.406. The molecule has 0 aromatic heterocycles. The zero-order chi connectivity index (χ0) is 11.9. The van der Waals surface area contributed by atoms with Crippen molar-refractivity contribution < 1.29 is 15.4 Å². The Hall–Kier alpha value is -1.13. The topological polar surface area (TPSA) is 70.0 Å². The number of rotatable bonds is 2. The second-order valence-electron chi connectivity index (χ2n) is 2.11. The third-order valence-corrected chi connectivity index (χ3v) is 1.35. The van der Waals surface area contributed by atoms with Crippen LogP contribution >= 0.6 is 0 Å². The van der Waals surface area contributed by atoms with Gasteiger partial charge in [0.1, 0.15) is 0 Å². The number of aliphatic carboxylic acids is 1. The van der Waals surface area contributed by atoms with Crippen LogP contribution in [0.5, 0.6) is 0 Å². The Balaban J connectivity index is 3.07. The minimum absolute atomic E-state index is 0.0578. The predicted octanol–water partition coefficient (Wildman–Crippen LogP) is 0.464. The zero-order valence-electron chi connectivity index (χ0n) is 9.65. The van der Waals surface area contributed by atoms with Crippen LogP contribution in [-0.2, 0) is 4.79 Å². The number of hydrogen-bond donors (Lipinski definition) is 1. The van der Waals surface area contributed by atoms with Crippen molar-refractivity contribution in [3.63, 3.8) is 0 Å². The van der Waals surface area contributed by atoms with Crippen molar-refractivity contribution in [2.75, 3.05) is 13.0 Å². The number of carbonyl (C=O) groups is 1. The van der Waals surface area contributed by atoms with E-state index in [2.05, 4.69) is 5.29 Å². The van der Waals surface area contributed by atoms with Crippen LogP contribution in [-0.4, -0.2) is 29.1 Å². The van der Waals surface area contributed by atoms with Gasteiger partial charge >= 0.3 is 5.97 Å². The first-order chi connectivity index (χ1) is 6.73. The summed E-state index contributed by atoms with van der Waals surface area (Å²) in [6, 6.07) is 0. The van der Waals surface area contributed by atoms with Crippen molar-refractivity contribution in [3.05, 3.63) is 4.91 Å². The molecule has 0 aromatic rings. The minimum Gasteiger partial charge on any atom is -0.481 e. The van der Waals surface area contributed by atoms with Crippen LogP contribution in [0.2, 0.25) is 0 Å². The Morgan fingerprint density at radius 2 is 2.55 bits per heavy atom. The lowest BCUT2D eigenvalue weighted by atomic mass is 10.00. The lowest BCUT2D eigenvalue weighted by Crippen LogP contribution is -2.35. The van der Waals surface area contributed by atoms with Crippen LogP contribution in [0.4, 0.5) is 0 Å². The van der Waals surface area contributed by atoms with E-state index >= 15 is 0 Å². The quantitative estimate of drug-likeness (QED) is 0.599. The molecular formula is C6H10N2O3. The fourth-order valence-corrected chi connectivity index (χ4v) is 0.804. The monoisotopic (exact) mass is 162 g/mol. The molecule has 0 aromatic carbocycles. The van der Waals surface area contributed by atoms with Gasteiger partial charge in [-0.25, -0.2) is 0 Å². The highest BCUT2D eigenvalue weighted by Gasteiger charge is 2.24. The molecule has 1 fully saturated rings. The van der Waals surface area contributed by atoms with Crippen molar-refractivity contribution in [2.45, 2.75) is 12.8 Å². The first-order valence-corrected chi connectivity index (χ1v) is 3.10. The van der Waals surface area contributed by atoms with Gasteiger partial charge in [0.15, 0.2) is 0 Å². The highest BCUT2D eigenvalue weighted by atomic mass is 16.4. The van der Waals surface area contributed by atoms with E-state index in [0.29, 0.717) is 0 Å². The minimum atomic E-state index is -2.60. The number of carboxylic acids is 1. The smallest absolute Gasteiger partial charge is 0.308 e. The van der Waals surface area contributed by atoms with Crippen LogP contribution in [0.25, 0.3) is 0 Å². The van der Waals surface area contributed by atoms with Gasteiger partial charge < -0.3 is 5.11 Å². The fourth-order valence-electron chi connectivity index (χ4n) is 0.804. The highest BCUT2D eigenvalue weighted by Crippen LogP contribution is 2.16. The molecule has 1 atom stereocenters. The lowest BCUT2D eigenvalue weighted by molar-refractivity contribution is -0.143. The molecule has 1 N–H and O–H groups in total. The van der Waals surface area contributed by atoms with Crippen LogP contribution in [0, 0.1) is 10.8 Å². The maximum Gasteiger partial charge on any atom is 0.308 e. The first kappa shape index (κ1) is 4.04. The van der Waals surface area contributed by atoms with E-state index in [1.165, 1.54) is 0 Å². The summed E-state index contributed by atoms with van der Waals surface area (Å²) in [4.78, 5) is 21.1. The second-order valence-corrected chi connectivity index (χ2v) is 2.11. The molecular weight excluding hydrogens is 148 g/mol. The Bertz CT molecular complexity index is 296. The summed E-state index contributed by atoms with van der Waals surface area (Å²) in [5, 5.41) is 11.0. The molecule has 1 aliphatic rings. The van der Waals surface area contributed by atoms with Gasteiger partial charge in [-0.05, 0) is 12.8 Å². The van der Waals surface area contributed by atoms with Crippen LogP contribution in [0.15, 0.2) is 5.29 Å². The van der Waals surface area contributed by atoms with Gasteiger partial charge in [-0.1, -0.05) is 0 Å². The van der Waals surface area contributed by atoms with Crippen molar-refractivity contribution >= 4 is 5.97 Å². The molecule has 0 amide bonds. The first-order valence-electron chi connectivity index (χ1n) is 5.10.